The van der Waals surface area contributed by atoms with E-state index < -0.39 is 11.9 Å². The minimum atomic E-state index is -0.637. The van der Waals surface area contributed by atoms with Gasteiger partial charge in [0.2, 0.25) is 0 Å². The van der Waals surface area contributed by atoms with E-state index in [2.05, 4.69) is 0 Å². The van der Waals surface area contributed by atoms with E-state index in [9.17, 15) is 9.59 Å². The highest BCUT2D eigenvalue weighted by Crippen LogP contribution is 2.27. The number of carboxylic acids is 2. The van der Waals surface area contributed by atoms with E-state index in [1.54, 1.807) is 0 Å². The summed E-state index contributed by atoms with van der Waals surface area (Å²) in [5, 5.41) is 16.7. The van der Waals surface area contributed by atoms with Crippen molar-refractivity contribution >= 4 is 11.9 Å². The summed E-state index contributed by atoms with van der Waals surface area (Å²) in [5.74, 6) is -0.297. The molecule has 18 heavy (non-hydrogen) atoms. The van der Waals surface area contributed by atoms with Gasteiger partial charge in [0, 0.05) is 12.8 Å². The molecule has 0 unspecified atom stereocenters. The van der Waals surface area contributed by atoms with Crippen LogP contribution in [-0.4, -0.2) is 22.2 Å². The molecule has 4 nitrogen and oxygen atoms in total. The fraction of sp³-hybridized carbons (Fsp3) is 0.857. The summed E-state index contributed by atoms with van der Waals surface area (Å²) in [6, 6.07) is 0. The van der Waals surface area contributed by atoms with Crippen molar-refractivity contribution in [3.05, 3.63) is 0 Å². The summed E-state index contributed by atoms with van der Waals surface area (Å²) in [5.41, 5.74) is 0. The Balaban J connectivity index is 0.000000180. The summed E-state index contributed by atoms with van der Waals surface area (Å²) < 4.78 is 0. The van der Waals surface area contributed by atoms with Crippen molar-refractivity contribution in [2.24, 2.45) is 11.8 Å². The SMILES string of the molecule is O=C(O)CC1CCCC1.O=C(O)CC1CCCC1. The fourth-order valence-corrected chi connectivity index (χ4v) is 2.92. The first-order valence-electron chi connectivity index (χ1n) is 7.01. The van der Waals surface area contributed by atoms with E-state index >= 15 is 0 Å². The Morgan fingerprint density at radius 1 is 0.722 bits per heavy atom. The van der Waals surface area contributed by atoms with E-state index in [-0.39, 0.29) is 0 Å². The largest absolute Gasteiger partial charge is 0.481 e. The van der Waals surface area contributed by atoms with Gasteiger partial charge in [-0.15, -0.1) is 0 Å². The minimum absolute atomic E-state index is 0.389. The van der Waals surface area contributed by atoms with E-state index in [1.807, 2.05) is 0 Å². The fourth-order valence-electron chi connectivity index (χ4n) is 2.92. The van der Waals surface area contributed by atoms with Gasteiger partial charge in [0.1, 0.15) is 0 Å². The molecule has 0 saturated heterocycles. The van der Waals surface area contributed by atoms with Crippen LogP contribution in [0.1, 0.15) is 64.2 Å². The smallest absolute Gasteiger partial charge is 0.303 e. The summed E-state index contributed by atoms with van der Waals surface area (Å²) in [6.07, 6.45) is 10.2. The van der Waals surface area contributed by atoms with Crippen molar-refractivity contribution in [2.75, 3.05) is 0 Å². The van der Waals surface area contributed by atoms with Crippen molar-refractivity contribution in [3.63, 3.8) is 0 Å². The number of aliphatic carboxylic acids is 2. The first kappa shape index (κ1) is 15.0. The van der Waals surface area contributed by atoms with E-state index in [0.29, 0.717) is 24.7 Å². The zero-order chi connectivity index (χ0) is 13.4. The maximum absolute atomic E-state index is 10.2. The molecular weight excluding hydrogens is 232 g/mol. The molecule has 2 rings (SSSR count). The van der Waals surface area contributed by atoms with Crippen molar-refractivity contribution in [3.8, 4) is 0 Å². The molecular formula is C14H24O4. The maximum Gasteiger partial charge on any atom is 0.303 e. The average molecular weight is 256 g/mol. The molecule has 4 heteroatoms. The lowest BCUT2D eigenvalue weighted by atomic mass is 10.1. The van der Waals surface area contributed by atoms with Crippen LogP contribution in [0.15, 0.2) is 0 Å². The van der Waals surface area contributed by atoms with Gasteiger partial charge in [0.05, 0.1) is 0 Å². The molecule has 0 radical (unpaired) electrons. The van der Waals surface area contributed by atoms with E-state index in [4.69, 9.17) is 10.2 Å². The third kappa shape index (κ3) is 6.62. The summed E-state index contributed by atoms with van der Waals surface area (Å²) in [4.78, 5) is 20.3. The maximum atomic E-state index is 10.2. The average Bonchev–Trinajstić information content (AvgIpc) is 2.90. The lowest BCUT2D eigenvalue weighted by Gasteiger charge is -2.01. The molecule has 0 heterocycles. The van der Waals surface area contributed by atoms with Crippen LogP contribution in [0.5, 0.6) is 0 Å². The summed E-state index contributed by atoms with van der Waals surface area (Å²) in [6.45, 7) is 0. The highest BCUT2D eigenvalue weighted by atomic mass is 16.4. The Morgan fingerprint density at radius 2 is 1.00 bits per heavy atom. The molecule has 2 saturated carbocycles. The van der Waals surface area contributed by atoms with Crippen molar-refractivity contribution in [2.45, 2.75) is 64.2 Å². The minimum Gasteiger partial charge on any atom is -0.481 e. The standard InChI is InChI=1S/2C7H12O2/c2*8-7(9)5-6-3-1-2-4-6/h2*6H,1-5H2,(H,8,9). The van der Waals surface area contributed by atoms with Gasteiger partial charge in [-0.1, -0.05) is 25.7 Å². The van der Waals surface area contributed by atoms with Crippen LogP contribution < -0.4 is 0 Å². The molecule has 2 fully saturated rings. The van der Waals surface area contributed by atoms with Crippen LogP contribution in [0, 0.1) is 11.8 Å². The summed E-state index contributed by atoms with van der Waals surface area (Å²) in [7, 11) is 0. The number of carboxylic acid groups (broad SMARTS) is 2. The first-order chi connectivity index (χ1) is 8.58. The molecule has 2 aliphatic rings. The summed E-state index contributed by atoms with van der Waals surface area (Å²) >= 11 is 0. The highest BCUT2D eigenvalue weighted by molar-refractivity contribution is 5.67. The van der Waals surface area contributed by atoms with Gasteiger partial charge in [-0.25, -0.2) is 0 Å². The van der Waals surface area contributed by atoms with Gasteiger partial charge in [-0.2, -0.15) is 0 Å². The van der Waals surface area contributed by atoms with Gasteiger partial charge < -0.3 is 10.2 Å². The van der Waals surface area contributed by atoms with Crippen LogP contribution in [0.2, 0.25) is 0 Å². The Morgan fingerprint density at radius 3 is 1.22 bits per heavy atom. The molecule has 2 N–H and O–H groups in total. The monoisotopic (exact) mass is 256 g/mol. The number of rotatable bonds is 4. The van der Waals surface area contributed by atoms with Gasteiger partial charge in [0.25, 0.3) is 0 Å². The lowest BCUT2D eigenvalue weighted by molar-refractivity contribution is -0.139. The number of carbonyl (C=O) groups is 2. The molecule has 0 spiro atoms. The first-order valence-corrected chi connectivity index (χ1v) is 7.01. The Labute approximate surface area is 108 Å². The second-order valence-corrected chi connectivity index (χ2v) is 5.50. The predicted octanol–water partition coefficient (Wildman–Crippen LogP) is 3.30. The third-order valence-electron chi connectivity index (χ3n) is 3.88. The highest BCUT2D eigenvalue weighted by Gasteiger charge is 2.17. The van der Waals surface area contributed by atoms with Gasteiger partial charge in [-0.3, -0.25) is 9.59 Å². The van der Waals surface area contributed by atoms with Gasteiger partial charge >= 0.3 is 11.9 Å². The van der Waals surface area contributed by atoms with Crippen molar-refractivity contribution < 1.29 is 19.8 Å². The van der Waals surface area contributed by atoms with E-state index in [0.717, 1.165) is 25.7 Å². The molecule has 0 atom stereocenters. The topological polar surface area (TPSA) is 74.6 Å². The molecule has 0 bridgehead atoms. The van der Waals surface area contributed by atoms with Crippen LogP contribution in [-0.2, 0) is 9.59 Å². The number of hydrogen-bond acceptors (Lipinski definition) is 2. The molecule has 0 aromatic rings. The zero-order valence-corrected chi connectivity index (χ0v) is 10.9. The zero-order valence-electron chi connectivity index (χ0n) is 10.9. The van der Waals surface area contributed by atoms with E-state index in [1.165, 1.54) is 25.7 Å². The lowest BCUT2D eigenvalue weighted by Crippen LogP contribution is -2.02. The molecule has 0 amide bonds. The van der Waals surface area contributed by atoms with Crippen LogP contribution in [0.3, 0.4) is 0 Å². The quantitative estimate of drug-likeness (QED) is 0.809. The Bertz CT molecular complexity index is 235. The second kappa shape index (κ2) is 8.11. The Kier molecular flexibility index (Phi) is 6.76. The molecule has 0 aromatic carbocycles. The molecule has 2 aliphatic carbocycles. The molecule has 104 valence electrons. The molecule has 0 aliphatic heterocycles. The predicted molar refractivity (Wildman–Crippen MR) is 68.4 cm³/mol. The van der Waals surface area contributed by atoms with Crippen LogP contribution >= 0.6 is 0 Å². The Hall–Kier alpha value is -1.06. The van der Waals surface area contributed by atoms with Gasteiger partial charge in [-0.05, 0) is 37.5 Å². The van der Waals surface area contributed by atoms with Gasteiger partial charge in [0.15, 0.2) is 0 Å². The second-order valence-electron chi connectivity index (χ2n) is 5.50. The third-order valence-corrected chi connectivity index (χ3v) is 3.88. The van der Waals surface area contributed by atoms with Crippen LogP contribution in [0.25, 0.3) is 0 Å². The number of hydrogen-bond donors (Lipinski definition) is 2. The van der Waals surface area contributed by atoms with Crippen molar-refractivity contribution in [1.29, 1.82) is 0 Å². The van der Waals surface area contributed by atoms with Crippen molar-refractivity contribution in [1.82, 2.24) is 0 Å². The molecule has 0 aromatic heterocycles. The van der Waals surface area contributed by atoms with Crippen LogP contribution in [0.4, 0.5) is 0 Å². The normalized spacial score (nSPS) is 20.4.